The van der Waals surface area contributed by atoms with Crippen molar-refractivity contribution in [2.75, 3.05) is 7.11 Å². The number of hydrogen-bond acceptors (Lipinski definition) is 4. The van der Waals surface area contributed by atoms with Gasteiger partial charge in [-0.3, -0.25) is 0 Å². The van der Waals surface area contributed by atoms with E-state index in [2.05, 4.69) is 0 Å². The van der Waals surface area contributed by atoms with E-state index >= 15 is 0 Å². The van der Waals surface area contributed by atoms with Crippen LogP contribution in [0.2, 0.25) is 0 Å². The van der Waals surface area contributed by atoms with Gasteiger partial charge in [-0.05, 0) is 42.5 Å². The molecule has 2 rings (SSSR count). The first kappa shape index (κ1) is 14.1. The lowest BCUT2D eigenvalue weighted by atomic mass is 10.0. The van der Waals surface area contributed by atoms with Crippen LogP contribution in [-0.4, -0.2) is 22.4 Å². The maximum absolute atomic E-state index is 9.85. The summed E-state index contributed by atoms with van der Waals surface area (Å²) in [4.78, 5) is 0. The molecule has 0 spiro atoms. The van der Waals surface area contributed by atoms with Gasteiger partial charge in [0.2, 0.25) is 0 Å². The third-order valence-electron chi connectivity index (χ3n) is 3.25. The number of rotatable bonds is 5. The van der Waals surface area contributed by atoms with Gasteiger partial charge in [-0.1, -0.05) is 12.1 Å². The number of methoxy groups -OCH3 is 1. The summed E-state index contributed by atoms with van der Waals surface area (Å²) in [7, 11) is 1.56. The van der Waals surface area contributed by atoms with Crippen LogP contribution in [0.3, 0.4) is 0 Å². The highest BCUT2D eigenvalue weighted by atomic mass is 16.5. The first-order chi connectivity index (χ1) is 9.60. The van der Waals surface area contributed by atoms with E-state index < -0.39 is 0 Å². The third kappa shape index (κ3) is 3.35. The average molecular weight is 274 g/mol. The van der Waals surface area contributed by atoms with Crippen LogP contribution >= 0.6 is 0 Å². The van der Waals surface area contributed by atoms with Gasteiger partial charge in [0.25, 0.3) is 0 Å². The van der Waals surface area contributed by atoms with E-state index in [0.29, 0.717) is 18.6 Å². The Labute approximate surface area is 117 Å². The molecule has 0 radical (unpaired) electrons. The van der Waals surface area contributed by atoms with Crippen molar-refractivity contribution >= 4 is 0 Å². The van der Waals surface area contributed by atoms with Gasteiger partial charge in [-0.15, -0.1) is 0 Å². The van der Waals surface area contributed by atoms with E-state index in [-0.39, 0.29) is 17.2 Å². The molecule has 0 bridgehead atoms. The number of hydrogen-bond donors (Lipinski definition) is 3. The van der Waals surface area contributed by atoms with Gasteiger partial charge >= 0.3 is 0 Å². The van der Waals surface area contributed by atoms with E-state index in [1.54, 1.807) is 25.3 Å². The summed E-state index contributed by atoms with van der Waals surface area (Å²) in [6, 6.07) is 9.84. The highest BCUT2D eigenvalue weighted by molar-refractivity contribution is 5.41. The predicted molar refractivity (Wildman–Crippen MR) is 76.5 cm³/mol. The van der Waals surface area contributed by atoms with Crippen LogP contribution in [0.15, 0.2) is 36.4 Å². The van der Waals surface area contributed by atoms with E-state index in [1.807, 2.05) is 12.1 Å². The van der Waals surface area contributed by atoms with Crippen molar-refractivity contribution in [1.29, 1.82) is 0 Å². The molecule has 0 aromatic heterocycles. The van der Waals surface area contributed by atoms with Gasteiger partial charge in [0.1, 0.15) is 23.0 Å². The first-order valence-corrected chi connectivity index (χ1v) is 6.47. The summed E-state index contributed by atoms with van der Waals surface area (Å²) in [5.41, 5.74) is 1.64. The van der Waals surface area contributed by atoms with Crippen LogP contribution in [0.1, 0.15) is 17.5 Å². The van der Waals surface area contributed by atoms with Crippen LogP contribution in [0.5, 0.6) is 23.0 Å². The molecule has 106 valence electrons. The lowest BCUT2D eigenvalue weighted by Crippen LogP contribution is -1.92. The largest absolute Gasteiger partial charge is 0.508 e. The standard InChI is InChI=1S/C16H18O4/c1-20-14-8-6-12(16(19)10-14)4-2-3-11-5-7-13(17)9-15(11)18/h5-10,17-19H,2-4H2,1H3. The summed E-state index contributed by atoms with van der Waals surface area (Å²) >= 11 is 0. The van der Waals surface area contributed by atoms with Crippen molar-refractivity contribution in [3.63, 3.8) is 0 Å². The third-order valence-corrected chi connectivity index (χ3v) is 3.25. The van der Waals surface area contributed by atoms with Crippen molar-refractivity contribution in [3.8, 4) is 23.0 Å². The zero-order valence-corrected chi connectivity index (χ0v) is 11.3. The number of benzene rings is 2. The minimum atomic E-state index is 0.0547. The molecule has 0 aliphatic carbocycles. The minimum Gasteiger partial charge on any atom is -0.508 e. The average Bonchev–Trinajstić information content (AvgIpc) is 2.42. The number of aryl methyl sites for hydroxylation is 2. The Morgan fingerprint density at radius 3 is 2.00 bits per heavy atom. The summed E-state index contributed by atoms with van der Waals surface area (Å²) < 4.78 is 5.03. The molecule has 4 heteroatoms. The highest BCUT2D eigenvalue weighted by Crippen LogP contribution is 2.27. The molecule has 0 saturated carbocycles. The lowest BCUT2D eigenvalue weighted by molar-refractivity contribution is 0.406. The minimum absolute atomic E-state index is 0.0547. The zero-order chi connectivity index (χ0) is 14.5. The Hall–Kier alpha value is -2.36. The molecule has 0 heterocycles. The molecule has 2 aromatic carbocycles. The van der Waals surface area contributed by atoms with Crippen molar-refractivity contribution in [2.45, 2.75) is 19.3 Å². The van der Waals surface area contributed by atoms with Crippen molar-refractivity contribution in [2.24, 2.45) is 0 Å². The molecular formula is C16H18O4. The molecular weight excluding hydrogens is 256 g/mol. The fourth-order valence-corrected chi connectivity index (χ4v) is 2.11. The maximum atomic E-state index is 9.85. The van der Waals surface area contributed by atoms with Crippen LogP contribution < -0.4 is 4.74 Å². The Kier molecular flexibility index (Phi) is 4.35. The van der Waals surface area contributed by atoms with Gasteiger partial charge in [-0.25, -0.2) is 0 Å². The summed E-state index contributed by atoms with van der Waals surface area (Å²) in [5.74, 6) is 1.00. The smallest absolute Gasteiger partial charge is 0.122 e. The van der Waals surface area contributed by atoms with Gasteiger partial charge in [0.05, 0.1) is 7.11 Å². The molecule has 3 N–H and O–H groups in total. The maximum Gasteiger partial charge on any atom is 0.122 e. The Morgan fingerprint density at radius 2 is 1.45 bits per heavy atom. The van der Waals surface area contributed by atoms with Crippen molar-refractivity contribution in [1.82, 2.24) is 0 Å². The van der Waals surface area contributed by atoms with E-state index in [1.165, 1.54) is 6.07 Å². The second kappa shape index (κ2) is 6.19. The van der Waals surface area contributed by atoms with E-state index in [0.717, 1.165) is 17.5 Å². The molecule has 0 aliphatic heterocycles. The van der Waals surface area contributed by atoms with Crippen LogP contribution in [-0.2, 0) is 12.8 Å². The topological polar surface area (TPSA) is 69.9 Å². The number of phenols is 3. The van der Waals surface area contributed by atoms with Gasteiger partial charge in [-0.2, -0.15) is 0 Å². The first-order valence-electron chi connectivity index (χ1n) is 6.47. The molecule has 0 amide bonds. The summed E-state index contributed by atoms with van der Waals surface area (Å²) in [5, 5.41) is 28.8. The number of phenolic OH excluding ortho intramolecular Hbond substituents is 3. The van der Waals surface area contributed by atoms with Crippen molar-refractivity contribution in [3.05, 3.63) is 47.5 Å². The fourth-order valence-electron chi connectivity index (χ4n) is 2.11. The Balaban J connectivity index is 1.96. The Bertz CT molecular complexity index is 593. The second-order valence-electron chi connectivity index (χ2n) is 4.66. The van der Waals surface area contributed by atoms with E-state index in [4.69, 9.17) is 4.74 Å². The molecule has 0 saturated heterocycles. The second-order valence-corrected chi connectivity index (χ2v) is 4.66. The van der Waals surface area contributed by atoms with Crippen LogP contribution in [0.25, 0.3) is 0 Å². The highest BCUT2D eigenvalue weighted by Gasteiger charge is 2.05. The van der Waals surface area contributed by atoms with Crippen molar-refractivity contribution < 1.29 is 20.1 Å². The molecule has 0 fully saturated rings. The van der Waals surface area contributed by atoms with Crippen LogP contribution in [0, 0.1) is 0 Å². The predicted octanol–water partition coefficient (Wildman–Crippen LogP) is 2.99. The SMILES string of the molecule is COc1ccc(CCCc2ccc(O)cc2O)c(O)c1. The lowest BCUT2D eigenvalue weighted by Gasteiger charge is -2.08. The molecule has 4 nitrogen and oxygen atoms in total. The van der Waals surface area contributed by atoms with Gasteiger partial charge in [0.15, 0.2) is 0 Å². The van der Waals surface area contributed by atoms with Gasteiger partial charge in [0, 0.05) is 12.1 Å². The Morgan fingerprint density at radius 1 is 0.850 bits per heavy atom. The molecule has 0 aliphatic rings. The normalized spacial score (nSPS) is 10.4. The summed E-state index contributed by atoms with van der Waals surface area (Å²) in [6.45, 7) is 0. The molecule has 2 aromatic rings. The monoisotopic (exact) mass is 274 g/mol. The zero-order valence-electron chi connectivity index (χ0n) is 11.3. The van der Waals surface area contributed by atoms with Gasteiger partial charge < -0.3 is 20.1 Å². The molecule has 0 unspecified atom stereocenters. The van der Waals surface area contributed by atoms with Crippen LogP contribution in [0.4, 0.5) is 0 Å². The fraction of sp³-hybridized carbons (Fsp3) is 0.250. The summed E-state index contributed by atoms with van der Waals surface area (Å²) in [6.07, 6.45) is 2.17. The quantitative estimate of drug-likeness (QED) is 0.784. The number of ether oxygens (including phenoxy) is 1. The van der Waals surface area contributed by atoms with E-state index in [9.17, 15) is 15.3 Å². The molecule has 0 atom stereocenters. The molecule has 20 heavy (non-hydrogen) atoms. The number of aromatic hydroxyl groups is 3.